The second-order valence-corrected chi connectivity index (χ2v) is 7.05. The van der Waals surface area contributed by atoms with E-state index in [1.54, 1.807) is 0 Å². The monoisotopic (exact) mass is 282 g/mol. The third kappa shape index (κ3) is 1.29. The molecule has 0 bridgehead atoms. The van der Waals surface area contributed by atoms with E-state index in [4.69, 9.17) is 0 Å². The number of hydrogen-bond donors (Lipinski definition) is 0. The number of hydrogen-bond acceptors (Lipinski definition) is 0. The maximum Gasteiger partial charge on any atom is 0.0714 e. The van der Waals surface area contributed by atoms with Crippen LogP contribution in [0.3, 0.4) is 0 Å². The smallest absolute Gasteiger partial charge is 0.0622 e. The first-order valence-electron chi connectivity index (χ1n) is 7.98. The van der Waals surface area contributed by atoms with Crippen LogP contribution in [0.1, 0.15) is 47.2 Å². The van der Waals surface area contributed by atoms with Gasteiger partial charge in [0.1, 0.15) is 0 Å². The van der Waals surface area contributed by atoms with Crippen LogP contribution in [0.4, 0.5) is 0 Å². The lowest BCUT2D eigenvalue weighted by atomic mass is 9.78. The minimum absolute atomic E-state index is 0.0428. The molecule has 2 aliphatic carbocycles. The van der Waals surface area contributed by atoms with Crippen molar-refractivity contribution in [1.29, 1.82) is 0 Å². The predicted octanol–water partition coefficient (Wildman–Crippen LogP) is 5.02. The van der Waals surface area contributed by atoms with Gasteiger partial charge in [-0.3, -0.25) is 0 Å². The molecule has 22 heavy (non-hydrogen) atoms. The molecule has 2 aliphatic rings. The van der Waals surface area contributed by atoms with Gasteiger partial charge in [0.15, 0.2) is 0 Å². The molecule has 0 radical (unpaired) electrons. The zero-order valence-corrected chi connectivity index (χ0v) is 12.9. The Morgan fingerprint density at radius 2 is 1.18 bits per heavy atom. The van der Waals surface area contributed by atoms with Crippen molar-refractivity contribution in [3.8, 4) is 0 Å². The zero-order valence-electron chi connectivity index (χ0n) is 12.9. The van der Waals surface area contributed by atoms with Gasteiger partial charge in [0.25, 0.3) is 0 Å². The molecule has 5 rings (SSSR count). The third-order valence-corrected chi connectivity index (χ3v) is 5.65. The Morgan fingerprint density at radius 3 is 1.86 bits per heavy atom. The van der Waals surface area contributed by atoms with E-state index in [2.05, 4.69) is 86.6 Å². The average Bonchev–Trinajstić information content (AvgIpc) is 3.44. The Hall–Kier alpha value is -2.34. The fourth-order valence-corrected chi connectivity index (χ4v) is 4.14. The summed E-state index contributed by atoms with van der Waals surface area (Å²) in [6, 6.07) is 26.8. The van der Waals surface area contributed by atoms with Crippen molar-refractivity contribution < 1.29 is 0 Å². The van der Waals surface area contributed by atoms with Gasteiger partial charge in [0, 0.05) is 5.41 Å². The summed E-state index contributed by atoms with van der Waals surface area (Å²) < 4.78 is 0. The van der Waals surface area contributed by atoms with Crippen LogP contribution in [0.5, 0.6) is 0 Å². The molecule has 0 unspecified atom stereocenters. The van der Waals surface area contributed by atoms with E-state index in [9.17, 15) is 0 Å². The zero-order chi connectivity index (χ0) is 14.9. The highest BCUT2D eigenvalue weighted by Crippen LogP contribution is 2.71. The molecule has 0 saturated heterocycles. The van der Waals surface area contributed by atoms with E-state index in [-0.39, 0.29) is 10.8 Å². The highest BCUT2D eigenvalue weighted by Gasteiger charge is 2.65. The average molecular weight is 282 g/mol. The fraction of sp³-hybridized carbons (Fsp3) is 0.182. The van der Waals surface area contributed by atoms with Crippen molar-refractivity contribution in [2.75, 3.05) is 0 Å². The van der Waals surface area contributed by atoms with Gasteiger partial charge in [-0.1, -0.05) is 86.6 Å². The van der Waals surface area contributed by atoms with Crippen molar-refractivity contribution in [1.82, 2.24) is 0 Å². The van der Waals surface area contributed by atoms with E-state index in [0.717, 1.165) is 0 Å². The quantitative estimate of drug-likeness (QED) is 0.426. The fourth-order valence-electron chi connectivity index (χ4n) is 4.14. The molecule has 0 nitrogen and oxygen atoms in total. The van der Waals surface area contributed by atoms with Crippen LogP contribution < -0.4 is 0 Å². The summed E-state index contributed by atoms with van der Waals surface area (Å²) in [5, 5.41) is 0. The van der Waals surface area contributed by atoms with Crippen LogP contribution >= 0.6 is 0 Å². The van der Waals surface area contributed by atoms with Crippen molar-refractivity contribution >= 4 is 0 Å². The first-order chi connectivity index (χ1) is 10.7. The van der Waals surface area contributed by atoms with Crippen LogP contribution in [-0.2, 0) is 10.8 Å². The number of fused-ring (bicyclic) bond motifs is 6. The molecule has 0 aromatic heterocycles. The van der Waals surface area contributed by atoms with E-state index in [1.807, 2.05) is 0 Å². The molecule has 0 aliphatic heterocycles. The Morgan fingerprint density at radius 1 is 0.591 bits per heavy atom. The molecule has 0 amide bonds. The molecule has 0 saturated carbocycles. The van der Waals surface area contributed by atoms with Gasteiger partial charge in [-0.05, 0) is 33.4 Å². The van der Waals surface area contributed by atoms with Crippen LogP contribution in [0.2, 0.25) is 0 Å². The van der Waals surface area contributed by atoms with Crippen molar-refractivity contribution in [3.63, 3.8) is 0 Å². The van der Waals surface area contributed by atoms with Gasteiger partial charge in [-0.25, -0.2) is 0 Å². The highest BCUT2D eigenvalue weighted by molar-refractivity contribution is 5.87. The van der Waals surface area contributed by atoms with Crippen LogP contribution in [0, 0.1) is 0 Å². The molecule has 0 N–H and O–H groups in total. The van der Waals surface area contributed by atoms with Gasteiger partial charge in [-0.15, -0.1) is 0 Å². The predicted molar refractivity (Wildman–Crippen MR) is 90.4 cm³/mol. The molecule has 0 heteroatoms. The summed E-state index contributed by atoms with van der Waals surface area (Å²) in [7, 11) is 0. The summed E-state index contributed by atoms with van der Waals surface area (Å²) in [5.74, 6) is 0. The van der Waals surface area contributed by atoms with Crippen LogP contribution in [-0.4, -0.2) is 0 Å². The Kier molecular flexibility index (Phi) is 2.06. The molecule has 106 valence electrons. The lowest BCUT2D eigenvalue weighted by Crippen LogP contribution is -2.18. The van der Waals surface area contributed by atoms with Gasteiger partial charge in [0.2, 0.25) is 0 Å². The van der Waals surface area contributed by atoms with Crippen molar-refractivity contribution in [2.45, 2.75) is 24.7 Å². The van der Waals surface area contributed by atoms with E-state index >= 15 is 0 Å². The molecule has 1 spiro atoms. The number of rotatable bonds is 2. The topological polar surface area (TPSA) is 0 Å². The van der Waals surface area contributed by atoms with Crippen molar-refractivity contribution in [2.24, 2.45) is 0 Å². The maximum atomic E-state index is 2.43. The molecule has 0 heterocycles. The summed E-state index contributed by atoms with van der Waals surface area (Å²) >= 11 is 0. The minimum atomic E-state index is 0.0428. The molecular formula is C22H18. The Bertz CT molecular complexity index is 877. The van der Waals surface area contributed by atoms with Crippen molar-refractivity contribution in [3.05, 3.63) is 106 Å². The summed E-state index contributed by atoms with van der Waals surface area (Å²) in [6.45, 7) is 4.64. The second kappa shape index (κ2) is 3.70. The molecule has 0 atom stereocenters. The van der Waals surface area contributed by atoms with Gasteiger partial charge < -0.3 is 0 Å². The second-order valence-electron chi connectivity index (χ2n) is 7.05. The SMILES string of the molecule is CC(C)(c1ccccc1)c1ccc2c(c1)C21c2ccccc21. The molecular weight excluding hydrogens is 264 g/mol. The molecule has 3 aromatic rings. The van der Waals surface area contributed by atoms with Gasteiger partial charge >= 0.3 is 0 Å². The Balaban J connectivity index is 1.58. The van der Waals surface area contributed by atoms with E-state index in [1.165, 1.54) is 33.4 Å². The van der Waals surface area contributed by atoms with E-state index < -0.39 is 0 Å². The maximum absolute atomic E-state index is 2.43. The Labute approximate surface area is 131 Å². The summed E-state index contributed by atoms with van der Waals surface area (Å²) in [6.07, 6.45) is 0. The van der Waals surface area contributed by atoms with Crippen LogP contribution in [0.15, 0.2) is 72.8 Å². The lowest BCUT2D eigenvalue weighted by molar-refractivity contribution is 0.641. The summed E-state index contributed by atoms with van der Waals surface area (Å²) in [4.78, 5) is 0. The van der Waals surface area contributed by atoms with Crippen LogP contribution in [0.25, 0.3) is 0 Å². The highest BCUT2D eigenvalue weighted by atomic mass is 14.7. The minimum Gasteiger partial charge on any atom is -0.0622 e. The van der Waals surface area contributed by atoms with Gasteiger partial charge in [-0.2, -0.15) is 0 Å². The summed E-state index contributed by atoms with van der Waals surface area (Å²) in [5.41, 5.74) is 9.11. The van der Waals surface area contributed by atoms with E-state index in [0.29, 0.717) is 0 Å². The molecule has 3 aromatic carbocycles. The van der Waals surface area contributed by atoms with Gasteiger partial charge in [0.05, 0.1) is 5.41 Å². The molecule has 0 fully saturated rings. The lowest BCUT2D eigenvalue weighted by Gasteiger charge is -2.25. The largest absolute Gasteiger partial charge is 0.0714 e. The first kappa shape index (κ1) is 12.2. The third-order valence-electron chi connectivity index (χ3n) is 5.65. The number of benzene rings is 3. The standard InChI is InChI=1S/C22H18/c1-21(2,15-8-4-3-5-9-15)16-12-13-19-20(14-16)22(19)17-10-6-7-11-18(17)22/h3-14H,1-2H3. The normalized spacial score (nSPS) is 16.1. The first-order valence-corrected chi connectivity index (χ1v) is 7.98.